The molecule has 5 nitrogen and oxygen atoms in total. The van der Waals surface area contributed by atoms with Gasteiger partial charge in [-0.2, -0.15) is 12.6 Å². The van der Waals surface area contributed by atoms with Crippen LogP contribution >= 0.6 is 12.6 Å². The topological polar surface area (TPSA) is 76.4 Å². The second-order valence-corrected chi connectivity index (χ2v) is 6.31. The maximum Gasteiger partial charge on any atom is 0.255 e. The zero-order valence-corrected chi connectivity index (χ0v) is 15.7. The lowest BCUT2D eigenvalue weighted by molar-refractivity contribution is 0.102. The Kier molecular flexibility index (Phi) is 6.73. The summed E-state index contributed by atoms with van der Waals surface area (Å²) in [5.74, 6) is 1.06. The van der Waals surface area contributed by atoms with Crippen molar-refractivity contribution >= 4 is 29.9 Å². The molecule has 0 bridgehead atoms. The number of hydrogen-bond acceptors (Lipinski definition) is 5. The van der Waals surface area contributed by atoms with Crippen molar-refractivity contribution in [2.45, 2.75) is 19.9 Å². The number of hydrogen-bond donors (Lipinski definition) is 4. The van der Waals surface area contributed by atoms with E-state index in [0.717, 1.165) is 22.5 Å². The van der Waals surface area contributed by atoms with Gasteiger partial charge in [0.2, 0.25) is 0 Å². The number of carbonyl (C=O) groups is 1. The summed E-state index contributed by atoms with van der Waals surface area (Å²) in [6, 6.07) is 11.0. The Bertz CT molecular complexity index is 749. The third-order valence-electron chi connectivity index (χ3n) is 4.10. The summed E-state index contributed by atoms with van der Waals surface area (Å²) < 4.78 is 5.35. The van der Waals surface area contributed by atoms with Gasteiger partial charge in [0.1, 0.15) is 5.75 Å². The lowest BCUT2D eigenvalue weighted by Crippen LogP contribution is -2.30. The largest absolute Gasteiger partial charge is 0.495 e. The van der Waals surface area contributed by atoms with Crippen LogP contribution in [0.15, 0.2) is 36.4 Å². The van der Waals surface area contributed by atoms with Crippen LogP contribution in [0.5, 0.6) is 5.75 Å². The van der Waals surface area contributed by atoms with E-state index in [0.29, 0.717) is 23.6 Å². The molecule has 2 rings (SSSR count). The molecule has 1 amide bonds. The summed E-state index contributed by atoms with van der Waals surface area (Å²) in [4.78, 5) is 12.6. The van der Waals surface area contributed by atoms with Gasteiger partial charge in [-0.05, 0) is 49.2 Å². The monoisotopic (exact) mass is 359 g/mol. The number of methoxy groups -OCH3 is 1. The number of aryl methyl sites for hydroxylation is 1. The van der Waals surface area contributed by atoms with E-state index >= 15 is 0 Å². The van der Waals surface area contributed by atoms with Crippen molar-refractivity contribution in [2.75, 3.05) is 30.0 Å². The van der Waals surface area contributed by atoms with Crippen LogP contribution in [0.2, 0.25) is 0 Å². The van der Waals surface area contributed by atoms with E-state index in [4.69, 9.17) is 10.5 Å². The number of thiol groups is 1. The van der Waals surface area contributed by atoms with Gasteiger partial charge in [0, 0.05) is 29.6 Å². The van der Waals surface area contributed by atoms with E-state index in [9.17, 15) is 4.79 Å². The quantitative estimate of drug-likeness (QED) is 0.573. The molecule has 25 heavy (non-hydrogen) atoms. The number of amides is 1. The molecular weight excluding hydrogens is 334 g/mol. The van der Waals surface area contributed by atoms with Gasteiger partial charge in [-0.25, -0.2) is 0 Å². The number of carbonyl (C=O) groups excluding carboxylic acids is 1. The van der Waals surface area contributed by atoms with Crippen molar-refractivity contribution in [1.29, 1.82) is 0 Å². The maximum atomic E-state index is 12.6. The minimum Gasteiger partial charge on any atom is -0.495 e. The summed E-state index contributed by atoms with van der Waals surface area (Å²) in [6.07, 6.45) is 0. The molecule has 0 aromatic heterocycles. The summed E-state index contributed by atoms with van der Waals surface area (Å²) in [7, 11) is 1.59. The Balaban J connectivity index is 2.20. The van der Waals surface area contributed by atoms with Gasteiger partial charge >= 0.3 is 0 Å². The number of nitrogens with two attached hydrogens (primary N) is 1. The highest BCUT2D eigenvalue weighted by Crippen LogP contribution is 2.26. The summed E-state index contributed by atoms with van der Waals surface area (Å²) in [6.45, 7) is 4.55. The van der Waals surface area contributed by atoms with Crippen LogP contribution in [0.25, 0.3) is 0 Å². The fourth-order valence-electron chi connectivity index (χ4n) is 2.37. The lowest BCUT2D eigenvalue weighted by atomic mass is 10.1. The van der Waals surface area contributed by atoms with E-state index in [1.807, 2.05) is 32.0 Å². The van der Waals surface area contributed by atoms with E-state index in [1.54, 1.807) is 25.3 Å². The summed E-state index contributed by atoms with van der Waals surface area (Å²) >= 11 is 4.18. The average Bonchev–Trinajstić information content (AvgIpc) is 2.63. The highest BCUT2D eigenvalue weighted by Gasteiger charge is 2.12. The fourth-order valence-corrected chi connectivity index (χ4v) is 2.50. The molecule has 0 saturated heterocycles. The molecule has 0 radical (unpaired) electrons. The Labute approximate surface area is 154 Å². The minimum atomic E-state index is -0.169. The lowest BCUT2D eigenvalue weighted by Gasteiger charge is -2.16. The molecule has 0 spiro atoms. The van der Waals surface area contributed by atoms with Crippen LogP contribution in [-0.2, 0) is 0 Å². The van der Waals surface area contributed by atoms with Crippen LogP contribution in [0.4, 0.5) is 11.4 Å². The minimum absolute atomic E-state index is 0.0829. The van der Waals surface area contributed by atoms with Crippen molar-refractivity contribution in [3.05, 3.63) is 53.1 Å². The number of anilines is 2. The van der Waals surface area contributed by atoms with Crippen molar-refractivity contribution < 1.29 is 9.53 Å². The molecule has 1 unspecified atom stereocenters. The third kappa shape index (κ3) is 4.90. The molecule has 0 aliphatic carbocycles. The van der Waals surface area contributed by atoms with E-state index in [2.05, 4.69) is 23.3 Å². The van der Waals surface area contributed by atoms with Crippen molar-refractivity contribution in [2.24, 2.45) is 5.73 Å². The second kappa shape index (κ2) is 8.78. The molecule has 4 N–H and O–H groups in total. The maximum absolute atomic E-state index is 12.6. The fraction of sp³-hybridized carbons (Fsp3) is 0.316. The standard InChI is InChI=1S/C19H25N3O2S/c1-12-5-4-6-16(13(12)2)22-19(23)14-7-8-18(24-3)17(9-14)21-10-15(20)11-25/h4-9,15,21,25H,10-11,20H2,1-3H3,(H,22,23). The van der Waals surface area contributed by atoms with Crippen LogP contribution in [0.1, 0.15) is 21.5 Å². The van der Waals surface area contributed by atoms with Gasteiger partial charge in [-0.15, -0.1) is 0 Å². The highest BCUT2D eigenvalue weighted by molar-refractivity contribution is 7.80. The smallest absolute Gasteiger partial charge is 0.255 e. The number of rotatable bonds is 7. The Hall–Kier alpha value is -2.18. The Morgan fingerprint density at radius 3 is 2.68 bits per heavy atom. The Morgan fingerprint density at radius 2 is 2.00 bits per heavy atom. The molecule has 0 fully saturated rings. The van der Waals surface area contributed by atoms with Gasteiger partial charge in [-0.3, -0.25) is 4.79 Å². The van der Waals surface area contributed by atoms with Gasteiger partial charge in [-0.1, -0.05) is 12.1 Å². The van der Waals surface area contributed by atoms with Crippen molar-refractivity contribution in [3.63, 3.8) is 0 Å². The average molecular weight is 359 g/mol. The second-order valence-electron chi connectivity index (χ2n) is 5.94. The van der Waals surface area contributed by atoms with Gasteiger partial charge in [0.25, 0.3) is 5.91 Å². The predicted molar refractivity (Wildman–Crippen MR) is 107 cm³/mol. The molecular formula is C19H25N3O2S. The predicted octanol–water partition coefficient (Wildman–Crippen LogP) is 3.23. The zero-order valence-electron chi connectivity index (χ0n) is 14.8. The SMILES string of the molecule is COc1ccc(C(=O)Nc2cccc(C)c2C)cc1NCC(N)CS. The first-order valence-corrected chi connectivity index (χ1v) is 8.75. The molecule has 2 aromatic rings. The van der Waals surface area contributed by atoms with Gasteiger partial charge < -0.3 is 21.1 Å². The first-order chi connectivity index (χ1) is 12.0. The van der Waals surface area contributed by atoms with Crippen molar-refractivity contribution in [3.8, 4) is 5.75 Å². The van der Waals surface area contributed by atoms with Gasteiger partial charge in [0.15, 0.2) is 0 Å². The number of nitrogens with one attached hydrogen (secondary N) is 2. The van der Waals surface area contributed by atoms with Crippen molar-refractivity contribution in [1.82, 2.24) is 0 Å². The normalized spacial score (nSPS) is 11.7. The molecule has 0 aliphatic heterocycles. The molecule has 6 heteroatoms. The third-order valence-corrected chi connectivity index (χ3v) is 4.57. The van der Waals surface area contributed by atoms with Crippen LogP contribution < -0.4 is 21.1 Å². The first kappa shape index (κ1) is 19.1. The first-order valence-electron chi connectivity index (χ1n) is 8.12. The highest BCUT2D eigenvalue weighted by atomic mass is 32.1. The zero-order chi connectivity index (χ0) is 18.4. The summed E-state index contributed by atoms with van der Waals surface area (Å²) in [5.41, 5.74) is 10.2. The van der Waals surface area contributed by atoms with Gasteiger partial charge in [0.05, 0.1) is 12.8 Å². The molecule has 2 aromatic carbocycles. The number of benzene rings is 2. The van der Waals surface area contributed by atoms with Crippen LogP contribution in [0.3, 0.4) is 0 Å². The summed E-state index contributed by atoms with van der Waals surface area (Å²) in [5, 5.41) is 6.18. The molecule has 0 heterocycles. The molecule has 1 atom stereocenters. The number of ether oxygens (including phenoxy) is 1. The van der Waals surface area contributed by atoms with Crippen LogP contribution in [-0.4, -0.2) is 31.4 Å². The molecule has 134 valence electrons. The van der Waals surface area contributed by atoms with E-state index in [-0.39, 0.29) is 11.9 Å². The molecule has 0 saturated carbocycles. The molecule has 0 aliphatic rings. The van der Waals surface area contributed by atoms with E-state index < -0.39 is 0 Å². The Morgan fingerprint density at radius 1 is 1.24 bits per heavy atom. The van der Waals surface area contributed by atoms with Crippen LogP contribution in [0, 0.1) is 13.8 Å². The van der Waals surface area contributed by atoms with E-state index in [1.165, 1.54) is 0 Å².